The smallest absolute Gasteiger partial charge is 0.306 e. The summed E-state index contributed by atoms with van der Waals surface area (Å²) in [5, 5.41) is 10.2. The average molecular weight is 633 g/mol. The van der Waals surface area contributed by atoms with Crippen molar-refractivity contribution < 1.29 is 28.9 Å². The number of aromatic amines is 1. The van der Waals surface area contributed by atoms with Gasteiger partial charge in [-0.3, -0.25) is 19.0 Å². The molecule has 1 aliphatic rings. The standard InChI is InChI=1S/C34H56N4O7/c1-3-5-7-9-11-13-15-17-19-21-27(40)44-30-26(23-39)43-34(38-25-37-29-32(38)35-24-36-33(29)42)31(30)45-28(41)22-20-18-16-14-12-10-8-6-4-2/h24-26,30-31,34,39H,3-23H2,1-2H3,(H,35,36,42)/t26-,30-,31-,34-/m1/s1. The van der Waals surface area contributed by atoms with Gasteiger partial charge in [0.25, 0.3) is 5.56 Å². The van der Waals surface area contributed by atoms with E-state index in [1.165, 1.54) is 81.4 Å². The third-order valence-electron chi connectivity index (χ3n) is 8.61. The maximum atomic E-state index is 13.0. The Balaban J connectivity index is 1.58. The molecular formula is C34H56N4O7. The molecule has 0 unspecified atom stereocenters. The molecule has 4 atom stereocenters. The number of esters is 2. The Bertz CT molecular complexity index is 1180. The summed E-state index contributed by atoms with van der Waals surface area (Å²) in [7, 11) is 0. The summed E-state index contributed by atoms with van der Waals surface area (Å²) in [6.07, 6.45) is 19.4. The molecule has 0 radical (unpaired) electrons. The minimum atomic E-state index is -1.04. The highest BCUT2D eigenvalue weighted by Gasteiger charge is 2.50. The summed E-state index contributed by atoms with van der Waals surface area (Å²) in [5.74, 6) is -0.846. The van der Waals surface area contributed by atoms with Crippen LogP contribution >= 0.6 is 0 Å². The van der Waals surface area contributed by atoms with Crippen molar-refractivity contribution in [3.8, 4) is 0 Å². The topological polar surface area (TPSA) is 146 Å². The number of rotatable bonds is 24. The van der Waals surface area contributed by atoms with Crippen LogP contribution in [0.5, 0.6) is 0 Å². The number of nitrogens with one attached hydrogen (secondary N) is 1. The first-order valence-electron chi connectivity index (χ1n) is 17.6. The fourth-order valence-electron chi connectivity index (χ4n) is 5.98. The normalized spacial score (nSPS) is 19.7. The Hall–Kier alpha value is -2.79. The molecule has 254 valence electrons. The molecule has 0 aromatic carbocycles. The number of unbranched alkanes of at least 4 members (excludes halogenated alkanes) is 16. The third-order valence-corrected chi connectivity index (χ3v) is 8.61. The van der Waals surface area contributed by atoms with Crippen LogP contribution in [0.15, 0.2) is 17.4 Å². The van der Waals surface area contributed by atoms with Gasteiger partial charge in [0.1, 0.15) is 6.10 Å². The zero-order chi connectivity index (χ0) is 32.3. The number of carbonyl (C=O) groups is 2. The van der Waals surface area contributed by atoms with Gasteiger partial charge in [0.2, 0.25) is 0 Å². The highest BCUT2D eigenvalue weighted by Crippen LogP contribution is 2.35. The fourth-order valence-corrected chi connectivity index (χ4v) is 5.98. The van der Waals surface area contributed by atoms with E-state index in [9.17, 15) is 19.5 Å². The molecule has 3 rings (SSSR count). The average Bonchev–Trinajstić information content (AvgIpc) is 3.61. The molecule has 0 bridgehead atoms. The van der Waals surface area contributed by atoms with Crippen LogP contribution in [0.25, 0.3) is 11.2 Å². The summed E-state index contributed by atoms with van der Waals surface area (Å²) in [6.45, 7) is 3.98. The number of aliphatic hydroxyl groups is 1. The Morgan fingerprint density at radius 1 is 0.778 bits per heavy atom. The molecule has 11 heteroatoms. The molecular weight excluding hydrogens is 576 g/mol. The highest BCUT2D eigenvalue weighted by molar-refractivity contribution is 5.71. The number of ether oxygens (including phenoxy) is 3. The Morgan fingerprint density at radius 2 is 1.27 bits per heavy atom. The molecule has 0 saturated carbocycles. The molecule has 0 amide bonds. The zero-order valence-corrected chi connectivity index (χ0v) is 27.6. The number of hydrogen-bond donors (Lipinski definition) is 2. The van der Waals surface area contributed by atoms with Crippen molar-refractivity contribution in [2.75, 3.05) is 6.61 Å². The van der Waals surface area contributed by atoms with E-state index < -0.39 is 48.6 Å². The zero-order valence-electron chi connectivity index (χ0n) is 27.6. The summed E-state index contributed by atoms with van der Waals surface area (Å²) >= 11 is 0. The van der Waals surface area contributed by atoms with Crippen molar-refractivity contribution in [1.82, 2.24) is 19.5 Å². The summed E-state index contributed by atoms with van der Waals surface area (Å²) < 4.78 is 19.4. The SMILES string of the molecule is CCCCCCCCCCCC(=O)O[C@@H]1[C@H](OC(=O)CCCCCCCCCCC)[C@@H](CO)O[C@H]1n1cnc2c(=O)[nH]cnc21. The van der Waals surface area contributed by atoms with Crippen LogP contribution in [0.4, 0.5) is 0 Å². The largest absolute Gasteiger partial charge is 0.455 e. The van der Waals surface area contributed by atoms with Crippen molar-refractivity contribution >= 4 is 23.1 Å². The second kappa shape index (κ2) is 21.1. The Kier molecular flexibility index (Phi) is 17.2. The third kappa shape index (κ3) is 12.2. The Morgan fingerprint density at radius 3 is 1.78 bits per heavy atom. The van der Waals surface area contributed by atoms with Crippen LogP contribution in [0.3, 0.4) is 0 Å². The van der Waals surface area contributed by atoms with Gasteiger partial charge in [0.05, 0.1) is 19.3 Å². The molecule has 1 fully saturated rings. The molecule has 3 heterocycles. The number of hydrogen-bond acceptors (Lipinski definition) is 9. The minimum Gasteiger partial charge on any atom is -0.455 e. The van der Waals surface area contributed by atoms with E-state index in [0.29, 0.717) is 12.8 Å². The van der Waals surface area contributed by atoms with Gasteiger partial charge in [-0.15, -0.1) is 0 Å². The summed E-state index contributed by atoms with van der Waals surface area (Å²) in [5.41, 5.74) is -0.0763. The quantitative estimate of drug-likeness (QED) is 0.0956. The van der Waals surface area contributed by atoms with Crippen molar-refractivity contribution in [2.24, 2.45) is 0 Å². The van der Waals surface area contributed by atoms with Crippen molar-refractivity contribution in [2.45, 2.75) is 167 Å². The number of carbonyl (C=O) groups excluding carboxylic acids is 2. The molecule has 1 saturated heterocycles. The van der Waals surface area contributed by atoms with E-state index in [0.717, 1.165) is 38.5 Å². The lowest BCUT2D eigenvalue weighted by Crippen LogP contribution is -2.40. The highest BCUT2D eigenvalue weighted by atomic mass is 16.6. The molecule has 0 spiro atoms. The van der Waals surface area contributed by atoms with Gasteiger partial charge in [-0.2, -0.15) is 0 Å². The number of aliphatic hydroxyl groups excluding tert-OH is 1. The van der Waals surface area contributed by atoms with Gasteiger partial charge in [0.15, 0.2) is 29.6 Å². The monoisotopic (exact) mass is 632 g/mol. The first kappa shape index (κ1) is 36.7. The van der Waals surface area contributed by atoms with Crippen LogP contribution in [0.1, 0.15) is 148 Å². The number of imidazole rings is 1. The summed E-state index contributed by atoms with van der Waals surface area (Å²) in [4.78, 5) is 49.1. The van der Waals surface area contributed by atoms with Gasteiger partial charge in [-0.1, -0.05) is 117 Å². The number of nitrogens with zero attached hydrogens (tertiary/aromatic N) is 3. The van der Waals surface area contributed by atoms with Gasteiger partial charge in [-0.25, -0.2) is 9.97 Å². The van der Waals surface area contributed by atoms with Crippen LogP contribution in [-0.4, -0.2) is 61.5 Å². The van der Waals surface area contributed by atoms with Gasteiger partial charge >= 0.3 is 11.9 Å². The lowest BCUT2D eigenvalue weighted by molar-refractivity contribution is -0.168. The van der Waals surface area contributed by atoms with Gasteiger partial charge in [0, 0.05) is 12.8 Å². The molecule has 2 aromatic heterocycles. The first-order chi connectivity index (χ1) is 22.0. The van der Waals surface area contributed by atoms with Crippen LogP contribution in [0.2, 0.25) is 0 Å². The minimum absolute atomic E-state index is 0.104. The molecule has 1 aliphatic heterocycles. The Labute approximate surface area is 267 Å². The lowest BCUT2D eigenvalue weighted by Gasteiger charge is -2.24. The maximum absolute atomic E-state index is 13.0. The molecule has 45 heavy (non-hydrogen) atoms. The van der Waals surface area contributed by atoms with E-state index in [1.807, 2.05) is 0 Å². The molecule has 2 N–H and O–H groups in total. The molecule has 11 nitrogen and oxygen atoms in total. The van der Waals surface area contributed by atoms with Crippen LogP contribution in [0, 0.1) is 0 Å². The van der Waals surface area contributed by atoms with Gasteiger partial charge in [-0.05, 0) is 12.8 Å². The van der Waals surface area contributed by atoms with Crippen molar-refractivity contribution in [1.29, 1.82) is 0 Å². The first-order valence-corrected chi connectivity index (χ1v) is 17.6. The number of aromatic nitrogens is 4. The van der Waals surface area contributed by atoms with E-state index in [1.54, 1.807) is 0 Å². The number of fused-ring (bicyclic) bond motifs is 1. The van der Waals surface area contributed by atoms with E-state index >= 15 is 0 Å². The second-order valence-corrected chi connectivity index (χ2v) is 12.4. The van der Waals surface area contributed by atoms with E-state index in [-0.39, 0.29) is 24.0 Å². The predicted molar refractivity (Wildman–Crippen MR) is 173 cm³/mol. The van der Waals surface area contributed by atoms with Crippen LogP contribution in [-0.2, 0) is 23.8 Å². The molecule has 0 aliphatic carbocycles. The fraction of sp³-hybridized carbons (Fsp3) is 0.794. The second-order valence-electron chi connectivity index (χ2n) is 12.4. The van der Waals surface area contributed by atoms with E-state index in [4.69, 9.17) is 14.2 Å². The van der Waals surface area contributed by atoms with Crippen molar-refractivity contribution in [3.05, 3.63) is 23.0 Å². The molecule has 2 aromatic rings. The lowest BCUT2D eigenvalue weighted by atomic mass is 10.1. The summed E-state index contributed by atoms with van der Waals surface area (Å²) in [6, 6.07) is 0. The van der Waals surface area contributed by atoms with Crippen LogP contribution < -0.4 is 5.56 Å². The van der Waals surface area contributed by atoms with Crippen molar-refractivity contribution in [3.63, 3.8) is 0 Å². The maximum Gasteiger partial charge on any atom is 0.306 e. The van der Waals surface area contributed by atoms with E-state index in [2.05, 4.69) is 28.8 Å². The van der Waals surface area contributed by atoms with Gasteiger partial charge < -0.3 is 24.3 Å². The number of H-pyrrole nitrogens is 1. The predicted octanol–water partition coefficient (Wildman–Crippen LogP) is 6.67.